The number of anilines is 3. The molecule has 1 aromatic carbocycles. The lowest BCUT2D eigenvalue weighted by atomic mass is 10.2. The molecular weight excluding hydrogens is 364 g/mol. The molecule has 5 rings (SSSR count). The summed E-state index contributed by atoms with van der Waals surface area (Å²) in [6, 6.07) is 10.1. The first-order chi connectivity index (χ1) is 14.3. The fourth-order valence-corrected chi connectivity index (χ4v) is 3.82. The molecule has 1 aliphatic heterocycles. The molecule has 8 nitrogen and oxygen atoms in total. The highest BCUT2D eigenvalue weighted by atomic mass is 15.4. The Balaban J connectivity index is 1.36. The highest BCUT2D eigenvalue weighted by Crippen LogP contribution is 2.22. The quantitative estimate of drug-likeness (QED) is 0.575. The summed E-state index contributed by atoms with van der Waals surface area (Å²) in [5, 5.41) is 13.3. The van der Waals surface area contributed by atoms with Gasteiger partial charge in [-0.05, 0) is 37.1 Å². The summed E-state index contributed by atoms with van der Waals surface area (Å²) >= 11 is 0. The second kappa shape index (κ2) is 7.54. The van der Waals surface area contributed by atoms with E-state index >= 15 is 0 Å². The van der Waals surface area contributed by atoms with Crippen LogP contribution in [0.5, 0.6) is 0 Å². The van der Waals surface area contributed by atoms with Crippen LogP contribution in [0.3, 0.4) is 0 Å². The van der Waals surface area contributed by atoms with Gasteiger partial charge in [0.1, 0.15) is 12.1 Å². The topological polar surface area (TPSA) is 76.7 Å². The molecule has 4 aromatic rings. The standard InChI is InChI=1S/C21H24N8/c1-27-19-12-17(7-6-16(19)14-24-27)25-21-23-15-29(26-21)18-8-9-22-20(13-18)28-10-4-2-3-5-11-28/h6-9,12-15H,2-5,10-11H2,1H3,(H,25,26). The van der Waals surface area contributed by atoms with Gasteiger partial charge in [-0.3, -0.25) is 4.68 Å². The fraction of sp³-hybridized carbons (Fsp3) is 0.333. The normalized spacial score (nSPS) is 14.9. The van der Waals surface area contributed by atoms with Gasteiger partial charge in [-0.15, -0.1) is 5.10 Å². The summed E-state index contributed by atoms with van der Waals surface area (Å²) in [6.07, 6.45) is 10.5. The van der Waals surface area contributed by atoms with Gasteiger partial charge in [0.2, 0.25) is 5.95 Å². The van der Waals surface area contributed by atoms with Crippen LogP contribution in [-0.4, -0.2) is 42.6 Å². The Morgan fingerprint density at radius 2 is 1.83 bits per heavy atom. The van der Waals surface area contributed by atoms with E-state index < -0.39 is 0 Å². The average molecular weight is 388 g/mol. The summed E-state index contributed by atoms with van der Waals surface area (Å²) in [6.45, 7) is 2.13. The number of aromatic nitrogens is 6. The summed E-state index contributed by atoms with van der Waals surface area (Å²) in [5.41, 5.74) is 2.95. The van der Waals surface area contributed by atoms with E-state index in [4.69, 9.17) is 0 Å². The number of rotatable bonds is 4. The summed E-state index contributed by atoms with van der Waals surface area (Å²) in [7, 11) is 1.93. The number of fused-ring (bicyclic) bond motifs is 1. The van der Waals surface area contributed by atoms with Crippen LogP contribution in [0.25, 0.3) is 16.6 Å². The molecule has 1 saturated heterocycles. The number of hydrogen-bond acceptors (Lipinski definition) is 6. The summed E-state index contributed by atoms with van der Waals surface area (Å²) in [5.74, 6) is 1.57. The van der Waals surface area contributed by atoms with Crippen LogP contribution in [-0.2, 0) is 7.05 Å². The second-order valence-corrected chi connectivity index (χ2v) is 7.45. The van der Waals surface area contributed by atoms with E-state index in [-0.39, 0.29) is 0 Å². The van der Waals surface area contributed by atoms with Crippen molar-refractivity contribution in [1.29, 1.82) is 0 Å². The predicted octanol–water partition coefficient (Wildman–Crippen LogP) is 3.67. The maximum atomic E-state index is 4.60. The first kappa shape index (κ1) is 17.7. The van der Waals surface area contributed by atoms with E-state index in [0.29, 0.717) is 5.95 Å². The van der Waals surface area contributed by atoms with E-state index in [2.05, 4.69) is 36.4 Å². The number of pyridine rings is 1. The number of hydrogen-bond donors (Lipinski definition) is 1. The van der Waals surface area contributed by atoms with E-state index in [1.165, 1.54) is 25.7 Å². The lowest BCUT2D eigenvalue weighted by Crippen LogP contribution is -2.24. The van der Waals surface area contributed by atoms with E-state index in [1.807, 2.05) is 48.4 Å². The second-order valence-electron chi connectivity index (χ2n) is 7.45. The number of nitrogens with zero attached hydrogens (tertiary/aromatic N) is 7. The summed E-state index contributed by atoms with van der Waals surface area (Å²) < 4.78 is 3.64. The lowest BCUT2D eigenvalue weighted by Gasteiger charge is -2.21. The zero-order chi connectivity index (χ0) is 19.6. The zero-order valence-corrected chi connectivity index (χ0v) is 16.5. The van der Waals surface area contributed by atoms with Crippen molar-refractivity contribution >= 4 is 28.4 Å². The average Bonchev–Trinajstić information content (AvgIpc) is 3.25. The smallest absolute Gasteiger partial charge is 0.246 e. The summed E-state index contributed by atoms with van der Waals surface area (Å²) in [4.78, 5) is 11.4. The van der Waals surface area contributed by atoms with Gasteiger partial charge < -0.3 is 10.2 Å². The van der Waals surface area contributed by atoms with Crippen LogP contribution in [0.15, 0.2) is 49.1 Å². The third-order valence-electron chi connectivity index (χ3n) is 5.42. The Morgan fingerprint density at radius 1 is 0.966 bits per heavy atom. The molecule has 0 amide bonds. The van der Waals surface area contributed by atoms with Crippen molar-refractivity contribution in [3.05, 3.63) is 49.1 Å². The van der Waals surface area contributed by atoms with Gasteiger partial charge in [-0.25, -0.2) is 9.67 Å². The van der Waals surface area contributed by atoms with Crippen LogP contribution < -0.4 is 10.2 Å². The predicted molar refractivity (Wildman–Crippen MR) is 114 cm³/mol. The molecule has 0 aliphatic carbocycles. The Bertz CT molecular complexity index is 1120. The Morgan fingerprint density at radius 3 is 2.69 bits per heavy atom. The molecule has 4 heterocycles. The third-order valence-corrected chi connectivity index (χ3v) is 5.42. The molecule has 0 unspecified atom stereocenters. The molecule has 8 heteroatoms. The molecule has 3 aromatic heterocycles. The molecular formula is C21H24N8. The molecule has 0 atom stereocenters. The van der Waals surface area contributed by atoms with Crippen molar-refractivity contribution < 1.29 is 0 Å². The lowest BCUT2D eigenvalue weighted by molar-refractivity contribution is 0.726. The molecule has 0 bridgehead atoms. The van der Waals surface area contributed by atoms with Gasteiger partial charge in [-0.2, -0.15) is 10.1 Å². The Kier molecular flexibility index (Phi) is 4.59. The maximum Gasteiger partial charge on any atom is 0.246 e. The van der Waals surface area contributed by atoms with Gasteiger partial charge in [0.25, 0.3) is 0 Å². The van der Waals surface area contributed by atoms with Gasteiger partial charge in [-0.1, -0.05) is 12.8 Å². The molecule has 29 heavy (non-hydrogen) atoms. The first-order valence-corrected chi connectivity index (χ1v) is 10.1. The minimum absolute atomic E-state index is 0.555. The van der Waals surface area contributed by atoms with Crippen LogP contribution >= 0.6 is 0 Å². The Labute approximate surface area is 169 Å². The molecule has 0 saturated carbocycles. The highest BCUT2D eigenvalue weighted by molar-refractivity contribution is 5.82. The largest absolute Gasteiger partial charge is 0.357 e. The molecule has 0 spiro atoms. The maximum absolute atomic E-state index is 4.60. The van der Waals surface area contributed by atoms with E-state index in [1.54, 1.807) is 11.0 Å². The van der Waals surface area contributed by atoms with Gasteiger partial charge >= 0.3 is 0 Å². The van der Waals surface area contributed by atoms with E-state index in [9.17, 15) is 0 Å². The van der Waals surface area contributed by atoms with Crippen molar-refractivity contribution in [2.45, 2.75) is 25.7 Å². The minimum Gasteiger partial charge on any atom is -0.357 e. The van der Waals surface area contributed by atoms with Crippen molar-refractivity contribution in [1.82, 2.24) is 29.5 Å². The fourth-order valence-electron chi connectivity index (χ4n) is 3.82. The van der Waals surface area contributed by atoms with Gasteiger partial charge in [0.05, 0.1) is 17.4 Å². The molecule has 1 N–H and O–H groups in total. The third kappa shape index (κ3) is 3.65. The monoisotopic (exact) mass is 388 g/mol. The van der Waals surface area contributed by atoms with Gasteiger partial charge in [0.15, 0.2) is 0 Å². The van der Waals surface area contributed by atoms with E-state index in [0.717, 1.165) is 41.2 Å². The zero-order valence-electron chi connectivity index (χ0n) is 16.5. The van der Waals surface area contributed by atoms with Gasteiger partial charge in [0, 0.05) is 43.5 Å². The highest BCUT2D eigenvalue weighted by Gasteiger charge is 2.12. The van der Waals surface area contributed by atoms with Crippen LogP contribution in [0.1, 0.15) is 25.7 Å². The van der Waals surface area contributed by atoms with Crippen LogP contribution in [0.4, 0.5) is 17.5 Å². The van der Waals surface area contributed by atoms with Crippen LogP contribution in [0.2, 0.25) is 0 Å². The van der Waals surface area contributed by atoms with Crippen molar-refractivity contribution in [3.8, 4) is 5.69 Å². The SMILES string of the molecule is Cn1ncc2ccc(Nc3ncn(-c4ccnc(N5CCCCCC5)c4)n3)cc21. The Hall–Kier alpha value is -3.42. The van der Waals surface area contributed by atoms with Crippen molar-refractivity contribution in [3.63, 3.8) is 0 Å². The molecule has 148 valence electrons. The van der Waals surface area contributed by atoms with Crippen molar-refractivity contribution in [2.75, 3.05) is 23.3 Å². The van der Waals surface area contributed by atoms with Crippen LogP contribution in [0, 0.1) is 0 Å². The molecule has 1 fully saturated rings. The molecule has 1 aliphatic rings. The number of aryl methyl sites for hydroxylation is 1. The van der Waals surface area contributed by atoms with Crippen molar-refractivity contribution in [2.24, 2.45) is 7.05 Å². The number of benzene rings is 1. The molecule has 0 radical (unpaired) electrons. The minimum atomic E-state index is 0.555. The first-order valence-electron chi connectivity index (χ1n) is 10.1. The number of nitrogens with one attached hydrogen (secondary N) is 1.